The van der Waals surface area contributed by atoms with Gasteiger partial charge in [-0.3, -0.25) is 9.52 Å². The highest BCUT2D eigenvalue weighted by molar-refractivity contribution is 7.94. The number of nitrogens with one attached hydrogen (secondary N) is 1. The Morgan fingerprint density at radius 1 is 1.35 bits per heavy atom. The second-order valence-corrected chi connectivity index (χ2v) is 6.07. The van der Waals surface area contributed by atoms with E-state index in [1.165, 1.54) is 24.7 Å². The van der Waals surface area contributed by atoms with Gasteiger partial charge >= 0.3 is 5.97 Å². The van der Waals surface area contributed by atoms with Crippen LogP contribution in [0.15, 0.2) is 41.3 Å². The van der Waals surface area contributed by atoms with Gasteiger partial charge in [0.25, 0.3) is 0 Å². The van der Waals surface area contributed by atoms with Crippen LogP contribution in [-0.2, 0) is 14.8 Å². The number of aromatic nitrogens is 1. The lowest BCUT2D eigenvalue weighted by atomic mass is 10.2. The van der Waals surface area contributed by atoms with Gasteiger partial charge in [0.2, 0.25) is 10.0 Å². The molecule has 2 rings (SSSR count). The van der Waals surface area contributed by atoms with E-state index in [9.17, 15) is 13.2 Å². The standard InChI is InChI=1S/C12H12N2O5S/c1-8(12(15)16)20(17,18)14-10-4-2-9(3-5-10)11-6-13-7-19-11/h2-8,14H,1H3,(H,15,16). The molecule has 1 aromatic heterocycles. The van der Waals surface area contributed by atoms with Crippen molar-refractivity contribution in [2.75, 3.05) is 4.72 Å². The zero-order chi connectivity index (χ0) is 14.8. The van der Waals surface area contributed by atoms with Crippen LogP contribution in [0.2, 0.25) is 0 Å². The maximum atomic E-state index is 11.7. The van der Waals surface area contributed by atoms with Gasteiger partial charge in [0.05, 0.1) is 6.20 Å². The van der Waals surface area contributed by atoms with Gasteiger partial charge in [-0.25, -0.2) is 13.4 Å². The number of sulfonamides is 1. The predicted octanol–water partition coefficient (Wildman–Crippen LogP) is 1.56. The fraction of sp³-hybridized carbons (Fsp3) is 0.167. The van der Waals surface area contributed by atoms with E-state index in [0.29, 0.717) is 5.76 Å². The first kappa shape index (κ1) is 14.1. The molecule has 0 aliphatic carbocycles. The molecule has 1 heterocycles. The normalized spacial score (nSPS) is 12.8. The van der Waals surface area contributed by atoms with Crippen molar-refractivity contribution in [3.8, 4) is 11.3 Å². The molecule has 2 N–H and O–H groups in total. The van der Waals surface area contributed by atoms with Crippen LogP contribution >= 0.6 is 0 Å². The minimum atomic E-state index is -3.96. The lowest BCUT2D eigenvalue weighted by molar-refractivity contribution is -0.136. The summed E-state index contributed by atoms with van der Waals surface area (Å²) in [5.41, 5.74) is 1.01. The SMILES string of the molecule is CC(C(=O)O)S(=O)(=O)Nc1ccc(-c2cnco2)cc1. The lowest BCUT2D eigenvalue weighted by Gasteiger charge is -2.11. The molecule has 8 heteroatoms. The van der Waals surface area contributed by atoms with Crippen LogP contribution in [0.3, 0.4) is 0 Å². The van der Waals surface area contributed by atoms with Gasteiger partial charge in [-0.2, -0.15) is 0 Å². The summed E-state index contributed by atoms with van der Waals surface area (Å²) >= 11 is 0. The first-order valence-electron chi connectivity index (χ1n) is 5.63. The Balaban J connectivity index is 2.18. The monoisotopic (exact) mass is 296 g/mol. The third-order valence-corrected chi connectivity index (χ3v) is 4.33. The van der Waals surface area contributed by atoms with E-state index in [1.54, 1.807) is 12.1 Å². The van der Waals surface area contributed by atoms with Gasteiger partial charge in [0, 0.05) is 11.3 Å². The van der Waals surface area contributed by atoms with E-state index >= 15 is 0 Å². The van der Waals surface area contributed by atoms with Crippen LogP contribution < -0.4 is 4.72 Å². The Hall–Kier alpha value is -2.35. The average molecular weight is 296 g/mol. The zero-order valence-electron chi connectivity index (χ0n) is 10.5. The molecule has 0 aliphatic rings. The van der Waals surface area contributed by atoms with Crippen molar-refractivity contribution in [1.29, 1.82) is 0 Å². The number of oxazole rings is 1. The number of benzene rings is 1. The molecule has 1 atom stereocenters. The summed E-state index contributed by atoms with van der Waals surface area (Å²) in [6, 6.07) is 6.32. The predicted molar refractivity (Wildman–Crippen MR) is 71.6 cm³/mol. The first-order valence-corrected chi connectivity index (χ1v) is 7.18. The highest BCUT2D eigenvalue weighted by atomic mass is 32.2. The minimum absolute atomic E-state index is 0.279. The number of hydrogen-bond donors (Lipinski definition) is 2. The molecule has 0 fully saturated rings. The molecular formula is C12H12N2O5S. The largest absolute Gasteiger partial charge is 0.480 e. The fourth-order valence-corrected chi connectivity index (χ4v) is 2.35. The second kappa shape index (κ2) is 5.33. The molecule has 2 aromatic rings. The molecule has 0 radical (unpaired) electrons. The third kappa shape index (κ3) is 2.97. The van der Waals surface area contributed by atoms with Crippen molar-refractivity contribution in [2.45, 2.75) is 12.2 Å². The third-order valence-electron chi connectivity index (χ3n) is 2.68. The molecule has 1 aromatic carbocycles. The molecule has 0 bridgehead atoms. The fourth-order valence-electron chi connectivity index (χ4n) is 1.45. The quantitative estimate of drug-likeness (QED) is 0.866. The summed E-state index contributed by atoms with van der Waals surface area (Å²) in [6.07, 6.45) is 2.83. The number of carbonyl (C=O) groups is 1. The van der Waals surface area contributed by atoms with Crippen molar-refractivity contribution in [2.24, 2.45) is 0 Å². The Morgan fingerprint density at radius 2 is 2.00 bits per heavy atom. The van der Waals surface area contributed by atoms with Crippen LogP contribution in [0, 0.1) is 0 Å². The van der Waals surface area contributed by atoms with Gasteiger partial charge in [0.15, 0.2) is 17.4 Å². The topological polar surface area (TPSA) is 110 Å². The number of aliphatic carboxylic acids is 1. The van der Waals surface area contributed by atoms with Crippen molar-refractivity contribution in [1.82, 2.24) is 4.98 Å². The summed E-state index contributed by atoms with van der Waals surface area (Å²) < 4.78 is 30.8. The summed E-state index contributed by atoms with van der Waals surface area (Å²) in [4.78, 5) is 14.5. The number of anilines is 1. The van der Waals surface area contributed by atoms with E-state index in [2.05, 4.69) is 9.71 Å². The van der Waals surface area contributed by atoms with Crippen LogP contribution in [0.5, 0.6) is 0 Å². The van der Waals surface area contributed by atoms with Gasteiger partial charge in [-0.1, -0.05) is 0 Å². The molecule has 106 valence electrons. The maximum absolute atomic E-state index is 11.7. The number of hydrogen-bond acceptors (Lipinski definition) is 5. The van der Waals surface area contributed by atoms with Crippen LogP contribution in [-0.4, -0.2) is 29.7 Å². The Labute approximate surface area is 115 Å². The zero-order valence-corrected chi connectivity index (χ0v) is 11.3. The lowest BCUT2D eigenvalue weighted by Crippen LogP contribution is -2.32. The van der Waals surface area contributed by atoms with Gasteiger partial charge in [0.1, 0.15) is 0 Å². The molecule has 0 aliphatic heterocycles. The summed E-state index contributed by atoms with van der Waals surface area (Å²) in [5, 5.41) is 7.20. The van der Waals surface area contributed by atoms with Crippen LogP contribution in [0.1, 0.15) is 6.92 Å². The second-order valence-electron chi connectivity index (χ2n) is 4.07. The Bertz CT molecular complexity index is 692. The highest BCUT2D eigenvalue weighted by Gasteiger charge is 2.27. The maximum Gasteiger partial charge on any atom is 0.323 e. The van der Waals surface area contributed by atoms with E-state index in [0.717, 1.165) is 12.5 Å². The van der Waals surface area contributed by atoms with Crippen LogP contribution in [0.25, 0.3) is 11.3 Å². The number of carboxylic acid groups (broad SMARTS) is 1. The van der Waals surface area contributed by atoms with E-state index in [-0.39, 0.29) is 5.69 Å². The van der Waals surface area contributed by atoms with Crippen molar-refractivity contribution in [3.63, 3.8) is 0 Å². The molecule has 0 spiro atoms. The van der Waals surface area contributed by atoms with E-state index in [1.807, 2.05) is 0 Å². The van der Waals surface area contributed by atoms with Crippen molar-refractivity contribution in [3.05, 3.63) is 36.9 Å². The molecule has 1 unspecified atom stereocenters. The van der Waals surface area contributed by atoms with Crippen molar-refractivity contribution < 1.29 is 22.7 Å². The summed E-state index contributed by atoms with van der Waals surface area (Å²) in [7, 11) is -3.96. The number of carboxylic acids is 1. The van der Waals surface area contributed by atoms with Crippen LogP contribution in [0.4, 0.5) is 5.69 Å². The summed E-state index contributed by atoms with van der Waals surface area (Å²) in [5.74, 6) is -0.853. The highest BCUT2D eigenvalue weighted by Crippen LogP contribution is 2.21. The summed E-state index contributed by atoms with van der Waals surface area (Å²) in [6.45, 7) is 1.10. The Morgan fingerprint density at radius 3 is 2.50 bits per heavy atom. The number of nitrogens with zero attached hydrogens (tertiary/aromatic N) is 1. The average Bonchev–Trinajstić information content (AvgIpc) is 2.92. The van der Waals surface area contributed by atoms with Gasteiger partial charge in [-0.05, 0) is 31.2 Å². The molecule has 20 heavy (non-hydrogen) atoms. The van der Waals surface area contributed by atoms with E-state index < -0.39 is 21.2 Å². The molecule has 7 nitrogen and oxygen atoms in total. The molecule has 0 saturated carbocycles. The van der Waals surface area contributed by atoms with Gasteiger partial charge < -0.3 is 9.52 Å². The van der Waals surface area contributed by atoms with Gasteiger partial charge in [-0.15, -0.1) is 0 Å². The molecule has 0 saturated heterocycles. The molecular weight excluding hydrogens is 284 g/mol. The smallest absolute Gasteiger partial charge is 0.323 e. The molecule has 0 amide bonds. The minimum Gasteiger partial charge on any atom is -0.480 e. The number of rotatable bonds is 5. The Kier molecular flexibility index (Phi) is 3.75. The first-order chi connectivity index (χ1) is 9.40. The van der Waals surface area contributed by atoms with E-state index in [4.69, 9.17) is 9.52 Å². The van der Waals surface area contributed by atoms with Crippen molar-refractivity contribution >= 4 is 21.7 Å².